The maximum atomic E-state index is 13.2. The molecule has 2 amide bonds. The standard InChI is InChI=1S/C23H25FN6O2/c1-16-5-4-8-20(13-16)29(14-21(31)25-19-6-2-3-7-19)22(32)15-30-27-23(26-28-30)17-9-11-18(24)12-10-17/h4-5,8-13,19H,2-3,6-7,14-15H2,1H3,(H,25,31). The van der Waals surface area contributed by atoms with Crippen molar-refractivity contribution in [3.8, 4) is 11.4 Å². The summed E-state index contributed by atoms with van der Waals surface area (Å²) >= 11 is 0. The molecule has 8 nitrogen and oxygen atoms in total. The lowest BCUT2D eigenvalue weighted by atomic mass is 10.2. The molecule has 1 N–H and O–H groups in total. The fourth-order valence-corrected chi connectivity index (χ4v) is 3.84. The molecule has 0 aliphatic heterocycles. The van der Waals surface area contributed by atoms with Crippen molar-refractivity contribution in [1.82, 2.24) is 25.5 Å². The second kappa shape index (κ2) is 9.67. The predicted octanol–water partition coefficient (Wildman–Crippen LogP) is 2.88. The summed E-state index contributed by atoms with van der Waals surface area (Å²) in [6.07, 6.45) is 4.16. The van der Waals surface area contributed by atoms with E-state index in [4.69, 9.17) is 0 Å². The molecule has 1 saturated carbocycles. The molecular formula is C23H25FN6O2. The van der Waals surface area contributed by atoms with Crippen LogP contribution >= 0.6 is 0 Å². The first-order chi connectivity index (χ1) is 15.5. The van der Waals surface area contributed by atoms with Crippen LogP contribution in [0.25, 0.3) is 11.4 Å². The van der Waals surface area contributed by atoms with Gasteiger partial charge in [0, 0.05) is 17.3 Å². The van der Waals surface area contributed by atoms with Crippen molar-refractivity contribution >= 4 is 17.5 Å². The zero-order valence-corrected chi connectivity index (χ0v) is 17.9. The second-order valence-electron chi connectivity index (χ2n) is 8.02. The fourth-order valence-electron chi connectivity index (χ4n) is 3.84. The van der Waals surface area contributed by atoms with Crippen LogP contribution in [0.15, 0.2) is 48.5 Å². The van der Waals surface area contributed by atoms with E-state index in [0.29, 0.717) is 17.1 Å². The Hall–Kier alpha value is -3.62. The molecule has 166 valence electrons. The number of hydrogen-bond acceptors (Lipinski definition) is 5. The van der Waals surface area contributed by atoms with Crippen molar-refractivity contribution in [2.45, 2.75) is 45.2 Å². The SMILES string of the molecule is Cc1cccc(N(CC(=O)NC2CCCC2)C(=O)Cn2nnc(-c3ccc(F)cc3)n2)c1. The molecule has 4 rings (SSSR count). The molecule has 1 fully saturated rings. The number of nitrogens with one attached hydrogen (secondary N) is 1. The van der Waals surface area contributed by atoms with Gasteiger partial charge in [0.1, 0.15) is 18.9 Å². The summed E-state index contributed by atoms with van der Waals surface area (Å²) in [5, 5.41) is 15.2. The summed E-state index contributed by atoms with van der Waals surface area (Å²) in [6, 6.07) is 13.3. The average molecular weight is 436 g/mol. The van der Waals surface area contributed by atoms with Crippen LogP contribution in [0.5, 0.6) is 0 Å². The van der Waals surface area contributed by atoms with E-state index in [1.807, 2.05) is 25.1 Å². The number of tetrazole rings is 1. The van der Waals surface area contributed by atoms with Gasteiger partial charge < -0.3 is 10.2 Å². The first-order valence-corrected chi connectivity index (χ1v) is 10.7. The van der Waals surface area contributed by atoms with Gasteiger partial charge in [-0.25, -0.2) is 4.39 Å². The molecular weight excluding hydrogens is 411 g/mol. The van der Waals surface area contributed by atoms with Crippen molar-refractivity contribution in [3.63, 3.8) is 0 Å². The number of rotatable bonds is 7. The fraction of sp³-hybridized carbons (Fsp3) is 0.348. The molecule has 0 bridgehead atoms. The first kappa shape index (κ1) is 21.6. The molecule has 0 saturated heterocycles. The molecule has 3 aromatic rings. The van der Waals surface area contributed by atoms with Crippen molar-refractivity contribution in [1.29, 1.82) is 0 Å². The number of benzene rings is 2. The summed E-state index contributed by atoms with van der Waals surface area (Å²) in [5.41, 5.74) is 2.21. The lowest BCUT2D eigenvalue weighted by Gasteiger charge is -2.23. The monoisotopic (exact) mass is 436 g/mol. The Balaban J connectivity index is 1.49. The highest BCUT2D eigenvalue weighted by atomic mass is 19.1. The number of carbonyl (C=O) groups is 2. The number of halogens is 1. The van der Waals surface area contributed by atoms with Crippen molar-refractivity contribution in [3.05, 3.63) is 59.9 Å². The van der Waals surface area contributed by atoms with Gasteiger partial charge in [-0.2, -0.15) is 4.80 Å². The van der Waals surface area contributed by atoms with E-state index in [0.717, 1.165) is 31.2 Å². The molecule has 0 atom stereocenters. The lowest BCUT2D eigenvalue weighted by molar-refractivity contribution is -0.124. The number of carbonyl (C=O) groups excluding carboxylic acids is 2. The van der Waals surface area contributed by atoms with Gasteiger partial charge in [0.15, 0.2) is 0 Å². The van der Waals surface area contributed by atoms with Gasteiger partial charge in [0.05, 0.1) is 0 Å². The van der Waals surface area contributed by atoms with Crippen LogP contribution in [-0.4, -0.2) is 44.6 Å². The summed E-state index contributed by atoms with van der Waals surface area (Å²) < 4.78 is 13.1. The number of anilines is 1. The van der Waals surface area contributed by atoms with E-state index in [1.54, 1.807) is 18.2 Å². The van der Waals surface area contributed by atoms with Gasteiger partial charge in [0.25, 0.3) is 5.91 Å². The Morgan fingerprint density at radius 3 is 2.62 bits per heavy atom. The number of aromatic nitrogens is 4. The van der Waals surface area contributed by atoms with Gasteiger partial charge in [-0.3, -0.25) is 9.59 Å². The molecule has 2 aromatic carbocycles. The Labute approximate surface area is 185 Å². The highest BCUT2D eigenvalue weighted by Crippen LogP contribution is 2.19. The normalized spacial score (nSPS) is 13.8. The highest BCUT2D eigenvalue weighted by Gasteiger charge is 2.23. The predicted molar refractivity (Wildman–Crippen MR) is 117 cm³/mol. The second-order valence-corrected chi connectivity index (χ2v) is 8.02. The summed E-state index contributed by atoms with van der Waals surface area (Å²) in [7, 11) is 0. The maximum Gasteiger partial charge on any atom is 0.251 e. The number of hydrogen-bond donors (Lipinski definition) is 1. The molecule has 1 aliphatic rings. The van der Waals surface area contributed by atoms with Crippen LogP contribution in [0.4, 0.5) is 10.1 Å². The average Bonchev–Trinajstić information content (AvgIpc) is 3.45. The zero-order valence-electron chi connectivity index (χ0n) is 17.9. The van der Waals surface area contributed by atoms with Gasteiger partial charge in [0.2, 0.25) is 11.7 Å². The number of nitrogens with zero attached hydrogens (tertiary/aromatic N) is 5. The van der Waals surface area contributed by atoms with E-state index in [9.17, 15) is 14.0 Å². The van der Waals surface area contributed by atoms with E-state index in [1.165, 1.54) is 21.8 Å². The van der Waals surface area contributed by atoms with Crippen LogP contribution in [0.2, 0.25) is 0 Å². The molecule has 0 spiro atoms. The third-order valence-corrected chi connectivity index (χ3v) is 5.47. The van der Waals surface area contributed by atoms with Crippen molar-refractivity contribution < 1.29 is 14.0 Å². The summed E-state index contributed by atoms with van der Waals surface area (Å²) in [5.74, 6) is -0.592. The summed E-state index contributed by atoms with van der Waals surface area (Å²) in [6.45, 7) is 1.66. The van der Waals surface area contributed by atoms with Crippen LogP contribution in [0.1, 0.15) is 31.2 Å². The molecule has 1 heterocycles. The number of aryl methyl sites for hydroxylation is 1. The molecule has 1 aliphatic carbocycles. The van der Waals surface area contributed by atoms with Gasteiger partial charge in [-0.05, 0) is 66.9 Å². The van der Waals surface area contributed by atoms with Crippen LogP contribution < -0.4 is 10.2 Å². The summed E-state index contributed by atoms with van der Waals surface area (Å²) in [4.78, 5) is 28.4. The van der Waals surface area contributed by atoms with Crippen LogP contribution in [-0.2, 0) is 16.1 Å². The minimum Gasteiger partial charge on any atom is -0.352 e. The third-order valence-electron chi connectivity index (χ3n) is 5.47. The van der Waals surface area contributed by atoms with E-state index in [-0.39, 0.29) is 36.8 Å². The lowest BCUT2D eigenvalue weighted by Crippen LogP contribution is -2.45. The topological polar surface area (TPSA) is 93.0 Å². The molecule has 9 heteroatoms. The Kier molecular flexibility index (Phi) is 6.53. The van der Waals surface area contributed by atoms with Gasteiger partial charge >= 0.3 is 0 Å². The first-order valence-electron chi connectivity index (χ1n) is 10.7. The van der Waals surface area contributed by atoms with E-state index in [2.05, 4.69) is 20.7 Å². The Morgan fingerprint density at radius 2 is 1.91 bits per heavy atom. The molecule has 32 heavy (non-hydrogen) atoms. The smallest absolute Gasteiger partial charge is 0.251 e. The van der Waals surface area contributed by atoms with E-state index >= 15 is 0 Å². The molecule has 0 radical (unpaired) electrons. The Morgan fingerprint density at radius 1 is 1.16 bits per heavy atom. The minimum absolute atomic E-state index is 0.0850. The quantitative estimate of drug-likeness (QED) is 0.615. The van der Waals surface area contributed by atoms with Crippen LogP contribution in [0.3, 0.4) is 0 Å². The molecule has 0 unspecified atom stereocenters. The van der Waals surface area contributed by atoms with Crippen molar-refractivity contribution in [2.75, 3.05) is 11.4 Å². The maximum absolute atomic E-state index is 13.2. The van der Waals surface area contributed by atoms with Gasteiger partial charge in [-0.1, -0.05) is 25.0 Å². The molecule has 1 aromatic heterocycles. The van der Waals surface area contributed by atoms with Gasteiger partial charge in [-0.15, -0.1) is 10.2 Å². The van der Waals surface area contributed by atoms with Crippen LogP contribution in [0, 0.1) is 12.7 Å². The number of amides is 2. The highest BCUT2D eigenvalue weighted by molar-refractivity contribution is 5.98. The largest absolute Gasteiger partial charge is 0.352 e. The zero-order chi connectivity index (χ0) is 22.5. The minimum atomic E-state index is -0.360. The Bertz CT molecular complexity index is 1090. The van der Waals surface area contributed by atoms with E-state index < -0.39 is 0 Å². The van der Waals surface area contributed by atoms with Crippen molar-refractivity contribution in [2.24, 2.45) is 0 Å². The third kappa shape index (κ3) is 5.35.